The fourth-order valence-corrected chi connectivity index (χ4v) is 2.89. The van der Waals surface area contributed by atoms with Gasteiger partial charge in [-0.2, -0.15) is 10.2 Å². The lowest BCUT2D eigenvalue weighted by Crippen LogP contribution is -2.24. The average Bonchev–Trinajstić information content (AvgIpc) is 2.96. The highest BCUT2D eigenvalue weighted by atomic mass is 16.1. The number of benzene rings is 1. The number of nitrogen functional groups attached to an aromatic ring is 2. The topological polar surface area (TPSA) is 125 Å². The number of hydrogen-bond acceptors (Lipinski definition) is 6. The van der Waals surface area contributed by atoms with Crippen molar-refractivity contribution >= 4 is 17.5 Å². The Labute approximate surface area is 127 Å². The number of H-pyrrole nitrogens is 1. The van der Waals surface area contributed by atoms with Crippen LogP contribution in [0.4, 0.5) is 17.5 Å². The van der Waals surface area contributed by atoms with Gasteiger partial charge in [0.2, 0.25) is 5.95 Å². The predicted molar refractivity (Wildman–Crippen MR) is 84.4 cm³/mol. The Morgan fingerprint density at radius 1 is 1.32 bits per heavy atom. The SMILES string of the molecule is N#Cc1ccc(N2CCC(c3c(N)nc(N)[nH]c3=O)C2)cc1. The van der Waals surface area contributed by atoms with Crippen molar-refractivity contribution in [3.8, 4) is 6.07 Å². The van der Waals surface area contributed by atoms with Gasteiger partial charge in [-0.1, -0.05) is 0 Å². The molecule has 5 N–H and O–H groups in total. The average molecular weight is 296 g/mol. The zero-order valence-electron chi connectivity index (χ0n) is 11.9. The predicted octanol–water partition coefficient (Wildman–Crippen LogP) is 0.800. The Balaban J connectivity index is 1.83. The van der Waals surface area contributed by atoms with Crippen molar-refractivity contribution < 1.29 is 0 Å². The number of nitrogens with zero attached hydrogens (tertiary/aromatic N) is 3. The Hall–Kier alpha value is -3.01. The number of aromatic nitrogens is 2. The zero-order chi connectivity index (χ0) is 15.7. The van der Waals surface area contributed by atoms with Crippen molar-refractivity contribution in [3.63, 3.8) is 0 Å². The Kier molecular flexibility index (Phi) is 3.43. The molecule has 1 fully saturated rings. The summed E-state index contributed by atoms with van der Waals surface area (Å²) in [6, 6.07) is 9.50. The summed E-state index contributed by atoms with van der Waals surface area (Å²) < 4.78 is 0. The maximum atomic E-state index is 12.1. The van der Waals surface area contributed by atoms with E-state index in [9.17, 15) is 4.79 Å². The number of hydrogen-bond donors (Lipinski definition) is 3. The van der Waals surface area contributed by atoms with Gasteiger partial charge < -0.3 is 16.4 Å². The molecular formula is C15H16N6O. The number of nitriles is 1. The van der Waals surface area contributed by atoms with Crippen LogP contribution in [0, 0.1) is 11.3 Å². The van der Waals surface area contributed by atoms with Gasteiger partial charge in [0.05, 0.1) is 17.2 Å². The van der Waals surface area contributed by atoms with Gasteiger partial charge in [-0.25, -0.2) is 0 Å². The Bertz CT molecular complexity index is 789. The van der Waals surface area contributed by atoms with Crippen molar-refractivity contribution in [1.29, 1.82) is 5.26 Å². The van der Waals surface area contributed by atoms with E-state index in [0.29, 0.717) is 17.7 Å². The van der Waals surface area contributed by atoms with E-state index >= 15 is 0 Å². The third-order valence-corrected chi connectivity index (χ3v) is 3.96. The monoisotopic (exact) mass is 296 g/mol. The Morgan fingerprint density at radius 3 is 2.68 bits per heavy atom. The summed E-state index contributed by atoms with van der Waals surface area (Å²) in [5.41, 5.74) is 13.2. The minimum Gasteiger partial charge on any atom is -0.383 e. The Morgan fingerprint density at radius 2 is 2.05 bits per heavy atom. The number of rotatable bonds is 2. The molecule has 0 spiro atoms. The van der Waals surface area contributed by atoms with Crippen LogP contribution in [0.1, 0.15) is 23.5 Å². The number of anilines is 3. The van der Waals surface area contributed by atoms with Gasteiger partial charge in [0.25, 0.3) is 5.56 Å². The first-order chi connectivity index (χ1) is 10.6. The second kappa shape index (κ2) is 5.41. The first kappa shape index (κ1) is 13.9. The molecule has 0 bridgehead atoms. The molecule has 1 saturated heterocycles. The van der Waals surface area contributed by atoms with Gasteiger partial charge in [-0.05, 0) is 30.7 Å². The summed E-state index contributed by atoms with van der Waals surface area (Å²) in [7, 11) is 0. The molecule has 0 radical (unpaired) electrons. The van der Waals surface area contributed by atoms with Crippen molar-refractivity contribution in [2.24, 2.45) is 0 Å². The number of nitrogens with one attached hydrogen (secondary N) is 1. The highest BCUT2D eigenvalue weighted by molar-refractivity contribution is 5.52. The largest absolute Gasteiger partial charge is 0.383 e. The van der Waals surface area contributed by atoms with Crippen LogP contribution in [0.15, 0.2) is 29.1 Å². The molecule has 0 aliphatic carbocycles. The molecule has 1 aliphatic rings. The summed E-state index contributed by atoms with van der Waals surface area (Å²) in [4.78, 5) is 20.7. The van der Waals surface area contributed by atoms with Crippen molar-refractivity contribution in [2.75, 3.05) is 29.5 Å². The highest BCUT2D eigenvalue weighted by Crippen LogP contribution is 2.31. The molecule has 1 atom stereocenters. The lowest BCUT2D eigenvalue weighted by Gasteiger charge is -2.19. The van der Waals surface area contributed by atoms with Crippen LogP contribution in [-0.4, -0.2) is 23.1 Å². The first-order valence-electron chi connectivity index (χ1n) is 6.98. The first-order valence-corrected chi connectivity index (χ1v) is 6.98. The van der Waals surface area contributed by atoms with E-state index in [1.54, 1.807) is 12.1 Å². The normalized spacial score (nSPS) is 17.4. The minimum absolute atomic E-state index is 0.0208. The lowest BCUT2D eigenvalue weighted by atomic mass is 10.0. The van der Waals surface area contributed by atoms with Crippen LogP contribution >= 0.6 is 0 Å². The molecule has 7 nitrogen and oxygen atoms in total. The fourth-order valence-electron chi connectivity index (χ4n) is 2.89. The van der Waals surface area contributed by atoms with E-state index in [0.717, 1.165) is 18.7 Å². The molecule has 1 aromatic carbocycles. The molecule has 112 valence electrons. The van der Waals surface area contributed by atoms with E-state index in [4.69, 9.17) is 16.7 Å². The molecule has 2 heterocycles. The van der Waals surface area contributed by atoms with E-state index in [1.165, 1.54) is 0 Å². The summed E-state index contributed by atoms with van der Waals surface area (Å²) in [6.07, 6.45) is 0.818. The molecule has 0 amide bonds. The highest BCUT2D eigenvalue weighted by Gasteiger charge is 2.28. The van der Waals surface area contributed by atoms with Gasteiger partial charge in [-0.15, -0.1) is 0 Å². The lowest BCUT2D eigenvalue weighted by molar-refractivity contribution is 0.758. The van der Waals surface area contributed by atoms with Crippen molar-refractivity contribution in [3.05, 3.63) is 45.7 Å². The third kappa shape index (κ3) is 2.46. The van der Waals surface area contributed by atoms with Gasteiger partial charge in [0.1, 0.15) is 5.82 Å². The molecule has 22 heavy (non-hydrogen) atoms. The van der Waals surface area contributed by atoms with E-state index in [-0.39, 0.29) is 23.2 Å². The van der Waals surface area contributed by atoms with Gasteiger partial charge in [-0.3, -0.25) is 9.78 Å². The molecular weight excluding hydrogens is 280 g/mol. The maximum Gasteiger partial charge on any atom is 0.257 e. The second-order valence-electron chi connectivity index (χ2n) is 5.34. The van der Waals surface area contributed by atoms with E-state index in [1.807, 2.05) is 12.1 Å². The van der Waals surface area contributed by atoms with E-state index < -0.39 is 0 Å². The maximum absolute atomic E-state index is 12.1. The van der Waals surface area contributed by atoms with Crippen LogP contribution in [0.3, 0.4) is 0 Å². The third-order valence-electron chi connectivity index (χ3n) is 3.96. The molecule has 1 unspecified atom stereocenters. The van der Waals surface area contributed by atoms with Crippen LogP contribution in [0.5, 0.6) is 0 Å². The summed E-state index contributed by atoms with van der Waals surface area (Å²) in [5.74, 6) is 0.258. The van der Waals surface area contributed by atoms with Crippen molar-refractivity contribution in [2.45, 2.75) is 12.3 Å². The molecule has 1 aliphatic heterocycles. The van der Waals surface area contributed by atoms with Gasteiger partial charge in [0, 0.05) is 24.7 Å². The molecule has 3 rings (SSSR count). The fraction of sp³-hybridized carbons (Fsp3) is 0.267. The molecule has 2 aromatic rings. The second-order valence-corrected chi connectivity index (χ2v) is 5.34. The summed E-state index contributed by atoms with van der Waals surface area (Å²) in [6.45, 7) is 1.50. The van der Waals surface area contributed by atoms with Crippen LogP contribution in [0.25, 0.3) is 0 Å². The van der Waals surface area contributed by atoms with Crippen LogP contribution in [-0.2, 0) is 0 Å². The molecule has 7 heteroatoms. The zero-order valence-corrected chi connectivity index (χ0v) is 11.9. The van der Waals surface area contributed by atoms with Gasteiger partial charge >= 0.3 is 0 Å². The van der Waals surface area contributed by atoms with Gasteiger partial charge in [0.15, 0.2) is 0 Å². The summed E-state index contributed by atoms with van der Waals surface area (Å²) in [5, 5.41) is 8.84. The number of nitrogens with two attached hydrogens (primary N) is 2. The molecule has 0 saturated carbocycles. The molecule has 1 aromatic heterocycles. The smallest absolute Gasteiger partial charge is 0.257 e. The minimum atomic E-state index is -0.267. The number of aromatic amines is 1. The summed E-state index contributed by atoms with van der Waals surface area (Å²) >= 11 is 0. The standard InChI is InChI=1S/C15H16N6O/c16-7-9-1-3-11(4-2-9)21-6-5-10(8-21)12-13(17)19-15(18)20-14(12)22/h1-4,10H,5-6,8H2,(H5,17,18,19,20,22). The van der Waals surface area contributed by atoms with Crippen molar-refractivity contribution in [1.82, 2.24) is 9.97 Å². The van der Waals surface area contributed by atoms with E-state index in [2.05, 4.69) is 20.9 Å². The van der Waals surface area contributed by atoms with Crippen LogP contribution < -0.4 is 21.9 Å². The quantitative estimate of drug-likeness (QED) is 0.752. The van der Waals surface area contributed by atoms with Crippen LogP contribution in [0.2, 0.25) is 0 Å².